The average Bonchev–Trinajstić information content (AvgIpc) is 3.08. The van der Waals surface area contributed by atoms with Gasteiger partial charge in [-0.2, -0.15) is 0 Å². The van der Waals surface area contributed by atoms with Gasteiger partial charge in [0.05, 0.1) is 16.6 Å². The highest BCUT2D eigenvalue weighted by Gasteiger charge is 2.24. The van der Waals surface area contributed by atoms with Gasteiger partial charge in [-0.05, 0) is 42.8 Å². The van der Waals surface area contributed by atoms with Gasteiger partial charge in [0.15, 0.2) is 11.8 Å². The molecule has 0 spiro atoms. The van der Waals surface area contributed by atoms with Crippen molar-refractivity contribution in [1.29, 1.82) is 0 Å². The van der Waals surface area contributed by atoms with E-state index in [0.717, 1.165) is 28.1 Å². The lowest BCUT2D eigenvalue weighted by Crippen LogP contribution is -2.30. The zero-order chi connectivity index (χ0) is 20.1. The minimum atomic E-state index is -0.419. The summed E-state index contributed by atoms with van der Waals surface area (Å²) in [7, 11) is 1.93. The second-order valence-corrected chi connectivity index (χ2v) is 7.12. The SMILES string of the molecule is Cc1cc(F)c2c(oc3cc(F)ccc32)c1-c1cc(-c2ccccn2)cc[n+]1C. The first kappa shape index (κ1) is 17.5. The second-order valence-electron chi connectivity index (χ2n) is 7.12. The fourth-order valence-corrected chi connectivity index (χ4v) is 3.83. The van der Waals surface area contributed by atoms with Crippen molar-refractivity contribution in [2.45, 2.75) is 6.92 Å². The number of hydrogen-bond donors (Lipinski definition) is 0. The number of hydrogen-bond acceptors (Lipinski definition) is 2. The number of aromatic nitrogens is 2. The van der Waals surface area contributed by atoms with Gasteiger partial charge in [-0.25, -0.2) is 13.3 Å². The predicted molar refractivity (Wildman–Crippen MR) is 108 cm³/mol. The van der Waals surface area contributed by atoms with Crippen LogP contribution in [0, 0.1) is 18.6 Å². The van der Waals surface area contributed by atoms with E-state index in [1.54, 1.807) is 12.3 Å². The molecule has 3 nitrogen and oxygen atoms in total. The molecule has 0 unspecified atom stereocenters. The molecule has 0 aliphatic heterocycles. The lowest BCUT2D eigenvalue weighted by molar-refractivity contribution is -0.660. The Hall–Kier alpha value is -3.60. The number of nitrogens with zero attached hydrogens (tertiary/aromatic N) is 2. The van der Waals surface area contributed by atoms with Gasteiger partial charge in [-0.3, -0.25) is 4.98 Å². The molecule has 5 rings (SSSR count). The van der Waals surface area contributed by atoms with Gasteiger partial charge in [-0.15, -0.1) is 0 Å². The fourth-order valence-electron chi connectivity index (χ4n) is 3.83. The summed E-state index contributed by atoms with van der Waals surface area (Å²) in [5, 5.41) is 0.924. The molecule has 0 aliphatic carbocycles. The number of aryl methyl sites for hydroxylation is 2. The van der Waals surface area contributed by atoms with Crippen LogP contribution in [-0.4, -0.2) is 4.98 Å². The molecule has 29 heavy (non-hydrogen) atoms. The molecular weight excluding hydrogens is 370 g/mol. The maximum absolute atomic E-state index is 14.9. The molecular formula is C24H17F2N2O+. The Balaban J connectivity index is 1.85. The van der Waals surface area contributed by atoms with Crippen LogP contribution in [0.15, 0.2) is 71.4 Å². The Morgan fingerprint density at radius 3 is 2.66 bits per heavy atom. The van der Waals surface area contributed by atoms with Gasteiger partial charge >= 0.3 is 0 Å². The molecule has 3 heterocycles. The predicted octanol–water partition coefficient (Wildman–Crippen LogP) is 5.73. The molecule has 0 fully saturated rings. The molecule has 0 radical (unpaired) electrons. The molecule has 0 amide bonds. The van der Waals surface area contributed by atoms with Crippen LogP contribution >= 0.6 is 0 Å². The Kier molecular flexibility index (Phi) is 3.91. The lowest BCUT2D eigenvalue weighted by atomic mass is 9.98. The minimum absolute atomic E-state index is 0.328. The van der Waals surface area contributed by atoms with Crippen molar-refractivity contribution in [3.8, 4) is 22.5 Å². The number of pyridine rings is 2. The Morgan fingerprint density at radius 2 is 1.86 bits per heavy atom. The highest BCUT2D eigenvalue weighted by Crippen LogP contribution is 2.39. The van der Waals surface area contributed by atoms with Crippen molar-refractivity contribution in [2.24, 2.45) is 7.05 Å². The van der Waals surface area contributed by atoms with E-state index >= 15 is 0 Å². The maximum atomic E-state index is 14.9. The van der Waals surface area contributed by atoms with Crippen molar-refractivity contribution in [3.63, 3.8) is 0 Å². The third kappa shape index (κ3) is 2.78. The first-order valence-corrected chi connectivity index (χ1v) is 9.25. The van der Waals surface area contributed by atoms with Crippen molar-refractivity contribution in [2.75, 3.05) is 0 Å². The summed E-state index contributed by atoms with van der Waals surface area (Å²) in [4.78, 5) is 4.42. The van der Waals surface area contributed by atoms with Gasteiger partial charge in [0.1, 0.15) is 24.3 Å². The maximum Gasteiger partial charge on any atom is 0.217 e. The normalized spacial score (nSPS) is 11.4. The van der Waals surface area contributed by atoms with Crippen LogP contribution in [0.3, 0.4) is 0 Å². The number of furan rings is 1. The standard InChI is InChI=1S/C24H17F2N2O/c1-14-11-18(26)23-17-7-6-16(25)13-21(17)29-24(23)22(14)20-12-15(8-10-28(20)2)19-5-3-4-9-27-19/h3-13H,1-2H3/q+1. The van der Waals surface area contributed by atoms with Gasteiger partial charge < -0.3 is 4.42 Å². The van der Waals surface area contributed by atoms with Crippen molar-refractivity contribution < 1.29 is 17.8 Å². The van der Waals surface area contributed by atoms with Crippen LogP contribution in [-0.2, 0) is 7.05 Å². The molecule has 142 valence electrons. The zero-order valence-electron chi connectivity index (χ0n) is 15.9. The van der Waals surface area contributed by atoms with Gasteiger partial charge in [0.25, 0.3) is 0 Å². The van der Waals surface area contributed by atoms with Crippen LogP contribution < -0.4 is 4.57 Å². The van der Waals surface area contributed by atoms with E-state index in [4.69, 9.17) is 4.42 Å². The first-order valence-electron chi connectivity index (χ1n) is 9.25. The van der Waals surface area contributed by atoms with E-state index in [0.29, 0.717) is 21.9 Å². The highest BCUT2D eigenvalue weighted by molar-refractivity contribution is 6.10. The van der Waals surface area contributed by atoms with E-state index in [1.807, 2.05) is 55.1 Å². The van der Waals surface area contributed by atoms with Crippen LogP contribution in [0.4, 0.5) is 8.78 Å². The Labute approximate surface area is 165 Å². The van der Waals surface area contributed by atoms with Crippen LogP contribution in [0.2, 0.25) is 0 Å². The molecule has 2 aromatic carbocycles. The van der Waals surface area contributed by atoms with Crippen molar-refractivity contribution >= 4 is 21.9 Å². The molecule has 0 aliphatic rings. The van der Waals surface area contributed by atoms with Crippen molar-refractivity contribution in [1.82, 2.24) is 4.98 Å². The largest absolute Gasteiger partial charge is 0.455 e. The van der Waals surface area contributed by atoms with E-state index < -0.39 is 5.82 Å². The quantitative estimate of drug-likeness (QED) is 0.362. The van der Waals surface area contributed by atoms with E-state index in [9.17, 15) is 8.78 Å². The molecule has 0 N–H and O–H groups in total. The van der Waals surface area contributed by atoms with E-state index in [-0.39, 0.29) is 5.82 Å². The highest BCUT2D eigenvalue weighted by atomic mass is 19.1. The van der Waals surface area contributed by atoms with Crippen molar-refractivity contribution in [3.05, 3.63) is 84.2 Å². The minimum Gasteiger partial charge on any atom is -0.455 e. The fraction of sp³-hybridized carbons (Fsp3) is 0.0833. The first-order chi connectivity index (χ1) is 14.0. The second kappa shape index (κ2) is 6.48. The molecule has 5 heteroatoms. The smallest absolute Gasteiger partial charge is 0.217 e. The average molecular weight is 387 g/mol. The van der Waals surface area contributed by atoms with Gasteiger partial charge in [0, 0.05) is 35.3 Å². The lowest BCUT2D eigenvalue weighted by Gasteiger charge is -2.08. The molecule has 0 saturated carbocycles. The Morgan fingerprint density at radius 1 is 1.00 bits per heavy atom. The summed E-state index contributed by atoms with van der Waals surface area (Å²) >= 11 is 0. The summed E-state index contributed by atoms with van der Waals surface area (Å²) < 4.78 is 36.5. The Bertz CT molecular complexity index is 1390. The number of rotatable bonds is 2. The number of halogens is 2. The summed E-state index contributed by atoms with van der Waals surface area (Å²) in [5.74, 6) is -0.798. The summed E-state index contributed by atoms with van der Waals surface area (Å²) in [6, 6.07) is 15.4. The third-order valence-corrected chi connectivity index (χ3v) is 5.22. The van der Waals surface area contributed by atoms with Crippen LogP contribution in [0.1, 0.15) is 5.56 Å². The summed E-state index contributed by atoms with van der Waals surface area (Å²) in [6.07, 6.45) is 3.69. The molecule has 0 saturated heterocycles. The number of benzene rings is 2. The monoisotopic (exact) mass is 387 g/mol. The van der Waals surface area contributed by atoms with Crippen LogP contribution in [0.5, 0.6) is 0 Å². The van der Waals surface area contributed by atoms with Crippen LogP contribution in [0.25, 0.3) is 44.5 Å². The summed E-state index contributed by atoms with van der Waals surface area (Å²) in [5.41, 5.74) is 4.90. The van der Waals surface area contributed by atoms with E-state index in [2.05, 4.69) is 4.98 Å². The molecule has 3 aromatic heterocycles. The summed E-state index contributed by atoms with van der Waals surface area (Å²) in [6.45, 7) is 1.85. The van der Waals surface area contributed by atoms with Gasteiger partial charge in [0.2, 0.25) is 5.69 Å². The molecule has 0 bridgehead atoms. The molecule has 5 aromatic rings. The topological polar surface area (TPSA) is 29.9 Å². The third-order valence-electron chi connectivity index (χ3n) is 5.22. The zero-order valence-corrected chi connectivity index (χ0v) is 15.9. The van der Waals surface area contributed by atoms with E-state index in [1.165, 1.54) is 18.2 Å². The number of fused-ring (bicyclic) bond motifs is 3. The van der Waals surface area contributed by atoms with Gasteiger partial charge in [-0.1, -0.05) is 6.07 Å². The molecule has 0 atom stereocenters.